The van der Waals surface area contributed by atoms with Gasteiger partial charge in [-0.3, -0.25) is 14.5 Å². The predicted octanol–water partition coefficient (Wildman–Crippen LogP) is 3.04. The number of likely N-dealkylation sites (tertiary alicyclic amines) is 1. The van der Waals surface area contributed by atoms with Gasteiger partial charge in [-0.05, 0) is 30.2 Å². The molecule has 1 fully saturated rings. The van der Waals surface area contributed by atoms with Crippen LogP contribution in [0.4, 0.5) is 4.39 Å². The second-order valence-electron chi connectivity index (χ2n) is 5.79. The lowest BCUT2D eigenvalue weighted by molar-refractivity contribution is -0.140. The smallest absolute Gasteiger partial charge is 0.240 e. The predicted molar refractivity (Wildman–Crippen MR) is 80.4 cm³/mol. The molecule has 0 spiro atoms. The number of halogens is 1. The fraction of sp³-hybridized carbons (Fsp3) is 0.222. The van der Waals surface area contributed by atoms with Crippen LogP contribution in [0, 0.1) is 5.82 Å². The second kappa shape index (κ2) is 5.37. The van der Waals surface area contributed by atoms with Gasteiger partial charge < -0.3 is 0 Å². The third-order valence-corrected chi connectivity index (χ3v) is 4.19. The molecule has 1 saturated heterocycles. The number of rotatable bonds is 3. The molecule has 112 valence electrons. The van der Waals surface area contributed by atoms with Gasteiger partial charge in [0.25, 0.3) is 0 Å². The van der Waals surface area contributed by atoms with Gasteiger partial charge in [0.05, 0.1) is 12.0 Å². The summed E-state index contributed by atoms with van der Waals surface area (Å²) in [5.74, 6) is -0.779. The summed E-state index contributed by atoms with van der Waals surface area (Å²) in [4.78, 5) is 26.3. The van der Waals surface area contributed by atoms with E-state index in [1.54, 1.807) is 19.1 Å². The number of imide groups is 1. The Labute approximate surface area is 128 Å². The Morgan fingerprint density at radius 1 is 1.05 bits per heavy atom. The third kappa shape index (κ3) is 2.41. The van der Waals surface area contributed by atoms with Gasteiger partial charge in [0.2, 0.25) is 11.8 Å². The van der Waals surface area contributed by atoms with Crippen LogP contribution >= 0.6 is 0 Å². The standard InChI is InChI=1S/C18H16FNO2/c1-18(14-7-9-15(19)10-8-14)11-16(21)20(17(18)22)12-13-5-3-2-4-6-13/h2-10H,11-12H2,1H3/t18-/m1/s1. The zero-order valence-electron chi connectivity index (χ0n) is 12.3. The lowest BCUT2D eigenvalue weighted by Gasteiger charge is -2.22. The summed E-state index contributed by atoms with van der Waals surface area (Å²) in [7, 11) is 0. The number of nitrogens with zero attached hydrogens (tertiary/aromatic N) is 1. The minimum atomic E-state index is -0.917. The van der Waals surface area contributed by atoms with Crippen LogP contribution in [-0.4, -0.2) is 16.7 Å². The molecule has 0 bridgehead atoms. The zero-order valence-corrected chi connectivity index (χ0v) is 12.3. The molecule has 1 heterocycles. The van der Waals surface area contributed by atoms with Crippen LogP contribution in [0.2, 0.25) is 0 Å². The highest BCUT2D eigenvalue weighted by atomic mass is 19.1. The Morgan fingerprint density at radius 3 is 2.32 bits per heavy atom. The Bertz CT molecular complexity index is 712. The van der Waals surface area contributed by atoms with Crippen molar-refractivity contribution in [3.8, 4) is 0 Å². The van der Waals surface area contributed by atoms with Crippen LogP contribution in [0.15, 0.2) is 54.6 Å². The third-order valence-electron chi connectivity index (χ3n) is 4.19. The maximum absolute atomic E-state index is 13.1. The van der Waals surface area contributed by atoms with Crippen molar-refractivity contribution in [2.45, 2.75) is 25.3 Å². The molecule has 2 aromatic rings. The molecule has 0 radical (unpaired) electrons. The number of carbonyl (C=O) groups is 2. The van der Waals surface area contributed by atoms with Gasteiger partial charge in [-0.15, -0.1) is 0 Å². The average molecular weight is 297 g/mol. The minimum absolute atomic E-state index is 0.115. The molecule has 1 atom stereocenters. The maximum Gasteiger partial charge on any atom is 0.240 e. The van der Waals surface area contributed by atoms with Crippen molar-refractivity contribution in [1.82, 2.24) is 4.90 Å². The molecular weight excluding hydrogens is 281 g/mol. The van der Waals surface area contributed by atoms with Gasteiger partial charge in [0, 0.05) is 6.42 Å². The van der Waals surface area contributed by atoms with Gasteiger partial charge in [-0.2, -0.15) is 0 Å². The summed E-state index contributed by atoms with van der Waals surface area (Å²) in [6.07, 6.45) is 0.115. The summed E-state index contributed by atoms with van der Waals surface area (Å²) in [5.41, 5.74) is 0.662. The van der Waals surface area contributed by atoms with Gasteiger partial charge in [0.1, 0.15) is 5.82 Å². The van der Waals surface area contributed by atoms with Crippen LogP contribution < -0.4 is 0 Å². The van der Waals surface area contributed by atoms with Crippen LogP contribution in [0.25, 0.3) is 0 Å². The second-order valence-corrected chi connectivity index (χ2v) is 5.79. The first-order chi connectivity index (χ1) is 10.5. The normalized spacial score (nSPS) is 21.5. The summed E-state index contributed by atoms with van der Waals surface area (Å²) < 4.78 is 13.1. The van der Waals surface area contributed by atoms with E-state index in [2.05, 4.69) is 0 Å². The molecule has 1 aliphatic rings. The van der Waals surface area contributed by atoms with E-state index in [1.165, 1.54) is 17.0 Å². The van der Waals surface area contributed by atoms with E-state index >= 15 is 0 Å². The van der Waals surface area contributed by atoms with Crippen molar-refractivity contribution in [1.29, 1.82) is 0 Å². The first-order valence-electron chi connectivity index (χ1n) is 7.15. The zero-order chi connectivity index (χ0) is 15.7. The molecule has 0 N–H and O–H groups in total. The fourth-order valence-corrected chi connectivity index (χ4v) is 2.85. The molecule has 4 heteroatoms. The molecular formula is C18H16FNO2. The van der Waals surface area contributed by atoms with Crippen LogP contribution in [0.3, 0.4) is 0 Å². The number of carbonyl (C=O) groups excluding carboxylic acids is 2. The minimum Gasteiger partial charge on any atom is -0.277 e. The highest BCUT2D eigenvalue weighted by Crippen LogP contribution is 2.37. The highest BCUT2D eigenvalue weighted by Gasteiger charge is 2.49. The van der Waals surface area contributed by atoms with E-state index in [1.807, 2.05) is 30.3 Å². The first kappa shape index (κ1) is 14.4. The monoisotopic (exact) mass is 297 g/mol. The van der Waals surface area contributed by atoms with Gasteiger partial charge in [-0.1, -0.05) is 42.5 Å². The van der Waals surface area contributed by atoms with Crippen LogP contribution in [-0.2, 0) is 21.5 Å². The first-order valence-corrected chi connectivity index (χ1v) is 7.15. The molecule has 3 nitrogen and oxygen atoms in total. The van der Waals surface area contributed by atoms with Crippen LogP contribution in [0.1, 0.15) is 24.5 Å². The van der Waals surface area contributed by atoms with Crippen molar-refractivity contribution in [3.63, 3.8) is 0 Å². The Morgan fingerprint density at radius 2 is 1.68 bits per heavy atom. The number of benzene rings is 2. The van der Waals surface area contributed by atoms with E-state index in [4.69, 9.17) is 0 Å². The lowest BCUT2D eigenvalue weighted by atomic mass is 9.81. The van der Waals surface area contributed by atoms with E-state index in [9.17, 15) is 14.0 Å². The van der Waals surface area contributed by atoms with E-state index < -0.39 is 5.41 Å². The Kier molecular flexibility index (Phi) is 3.53. The lowest BCUT2D eigenvalue weighted by Crippen LogP contribution is -2.36. The highest BCUT2D eigenvalue weighted by molar-refractivity contribution is 6.08. The van der Waals surface area contributed by atoms with Gasteiger partial charge in [-0.25, -0.2) is 4.39 Å². The average Bonchev–Trinajstić information content (AvgIpc) is 2.73. The van der Waals surface area contributed by atoms with Crippen molar-refractivity contribution >= 4 is 11.8 Å². The van der Waals surface area contributed by atoms with Crippen LogP contribution in [0.5, 0.6) is 0 Å². The quantitative estimate of drug-likeness (QED) is 0.817. The topological polar surface area (TPSA) is 37.4 Å². The largest absolute Gasteiger partial charge is 0.277 e. The molecule has 2 amide bonds. The summed E-state index contributed by atoms with van der Waals surface area (Å²) >= 11 is 0. The van der Waals surface area contributed by atoms with E-state index in [0.29, 0.717) is 5.56 Å². The molecule has 22 heavy (non-hydrogen) atoms. The Balaban J connectivity index is 1.89. The van der Waals surface area contributed by atoms with E-state index in [-0.39, 0.29) is 30.6 Å². The van der Waals surface area contributed by atoms with Crippen molar-refractivity contribution in [2.24, 2.45) is 0 Å². The maximum atomic E-state index is 13.1. The molecule has 0 aromatic heterocycles. The molecule has 0 aliphatic carbocycles. The Hall–Kier alpha value is -2.49. The molecule has 0 saturated carbocycles. The number of hydrogen-bond donors (Lipinski definition) is 0. The van der Waals surface area contributed by atoms with Gasteiger partial charge >= 0.3 is 0 Å². The van der Waals surface area contributed by atoms with Gasteiger partial charge in [0.15, 0.2) is 0 Å². The number of amides is 2. The van der Waals surface area contributed by atoms with Crippen molar-refractivity contribution < 1.29 is 14.0 Å². The summed E-state index contributed by atoms with van der Waals surface area (Å²) in [6.45, 7) is 2.01. The van der Waals surface area contributed by atoms with Crippen molar-refractivity contribution in [2.75, 3.05) is 0 Å². The molecule has 3 rings (SSSR count). The van der Waals surface area contributed by atoms with E-state index in [0.717, 1.165) is 5.56 Å². The molecule has 0 unspecified atom stereocenters. The molecule has 2 aromatic carbocycles. The SMILES string of the molecule is C[C@]1(c2ccc(F)cc2)CC(=O)N(Cc2ccccc2)C1=O. The fourth-order valence-electron chi connectivity index (χ4n) is 2.85. The number of hydrogen-bond acceptors (Lipinski definition) is 2. The molecule has 1 aliphatic heterocycles. The summed E-state index contributed by atoms with van der Waals surface area (Å²) in [5, 5.41) is 0. The van der Waals surface area contributed by atoms with Crippen molar-refractivity contribution in [3.05, 3.63) is 71.5 Å². The summed E-state index contributed by atoms with van der Waals surface area (Å²) in [6, 6.07) is 15.2.